The predicted octanol–water partition coefficient (Wildman–Crippen LogP) is 4.01. The summed E-state index contributed by atoms with van der Waals surface area (Å²) in [4.78, 5) is 37.1. The first-order valence-corrected chi connectivity index (χ1v) is 10.7. The van der Waals surface area contributed by atoms with Crippen LogP contribution in [0.5, 0.6) is 0 Å². The fourth-order valence-electron chi connectivity index (χ4n) is 3.48. The molecule has 2 aromatic carbocycles. The summed E-state index contributed by atoms with van der Waals surface area (Å²) in [7, 11) is 0. The maximum Gasteiger partial charge on any atom is 0.325 e. The number of amides is 1. The third-order valence-corrected chi connectivity index (χ3v) is 5.32. The summed E-state index contributed by atoms with van der Waals surface area (Å²) in [5.41, 5.74) is 2.79. The van der Waals surface area contributed by atoms with Crippen LogP contribution in [-0.2, 0) is 21.5 Å². The minimum Gasteiger partial charge on any atom is -0.456 e. The van der Waals surface area contributed by atoms with E-state index >= 15 is 0 Å². The van der Waals surface area contributed by atoms with E-state index in [1.807, 2.05) is 41.0 Å². The summed E-state index contributed by atoms with van der Waals surface area (Å²) in [5, 5.41) is 12.1. The topological polar surface area (TPSA) is 101 Å². The van der Waals surface area contributed by atoms with Crippen molar-refractivity contribution < 1.29 is 19.1 Å². The molecular weight excluding hydrogens is 418 g/mol. The molecule has 170 valence electrons. The van der Waals surface area contributed by atoms with Crippen LogP contribution in [0.15, 0.2) is 54.7 Å². The van der Waals surface area contributed by atoms with E-state index in [1.54, 1.807) is 18.3 Å². The zero-order valence-electron chi connectivity index (χ0n) is 19.1. The monoisotopic (exact) mass is 445 g/mol. The summed E-state index contributed by atoms with van der Waals surface area (Å²) in [6.45, 7) is 5.96. The Kier molecular flexibility index (Phi) is 7.29. The number of nitriles is 1. The molecule has 0 atom stereocenters. The van der Waals surface area contributed by atoms with Gasteiger partial charge in [-0.25, -0.2) is 0 Å². The highest BCUT2D eigenvalue weighted by atomic mass is 16.5. The molecule has 0 aliphatic carbocycles. The van der Waals surface area contributed by atoms with Crippen molar-refractivity contribution >= 4 is 28.6 Å². The Morgan fingerprint density at radius 2 is 1.76 bits per heavy atom. The van der Waals surface area contributed by atoms with Gasteiger partial charge in [0, 0.05) is 34.8 Å². The van der Waals surface area contributed by atoms with E-state index in [9.17, 15) is 14.4 Å². The van der Waals surface area contributed by atoms with Crippen molar-refractivity contribution in [1.82, 2.24) is 9.88 Å². The van der Waals surface area contributed by atoms with E-state index in [2.05, 4.69) is 32.2 Å². The third-order valence-electron chi connectivity index (χ3n) is 5.32. The van der Waals surface area contributed by atoms with E-state index in [-0.39, 0.29) is 23.7 Å². The number of hydrogen-bond donors (Lipinski definition) is 1. The Balaban J connectivity index is 1.55. The van der Waals surface area contributed by atoms with Gasteiger partial charge < -0.3 is 14.6 Å². The number of para-hydroxylation sites is 1. The number of nitrogens with zero attached hydrogens (tertiary/aromatic N) is 2. The SMILES string of the molecule is CC(C)(C)c1ccc(C(=O)NCC(=O)OCC(=O)c2cn(CCC#N)c3ccccc23)cc1. The minimum absolute atomic E-state index is 0.0205. The zero-order chi connectivity index (χ0) is 24.0. The highest BCUT2D eigenvalue weighted by molar-refractivity contribution is 6.09. The average Bonchev–Trinajstić information content (AvgIpc) is 3.18. The maximum atomic E-state index is 12.7. The minimum atomic E-state index is -0.698. The number of aryl methyl sites for hydroxylation is 1. The summed E-state index contributed by atoms with van der Waals surface area (Å²) < 4.78 is 6.93. The van der Waals surface area contributed by atoms with Gasteiger partial charge >= 0.3 is 5.97 Å². The molecule has 0 aliphatic rings. The number of carbonyl (C=O) groups is 3. The Hall–Kier alpha value is -3.92. The zero-order valence-corrected chi connectivity index (χ0v) is 19.1. The molecule has 3 aromatic rings. The number of rotatable bonds is 8. The lowest BCUT2D eigenvalue weighted by atomic mass is 9.87. The number of nitrogens with one attached hydrogen (secondary N) is 1. The Morgan fingerprint density at radius 1 is 1.06 bits per heavy atom. The lowest BCUT2D eigenvalue weighted by Crippen LogP contribution is -2.31. The molecule has 33 heavy (non-hydrogen) atoms. The second-order valence-electron chi connectivity index (χ2n) is 8.76. The van der Waals surface area contributed by atoms with Crippen LogP contribution in [-0.4, -0.2) is 35.4 Å². The number of esters is 1. The summed E-state index contributed by atoms with van der Waals surface area (Å²) >= 11 is 0. The summed E-state index contributed by atoms with van der Waals surface area (Å²) in [5.74, 6) is -1.44. The molecule has 0 unspecified atom stereocenters. The molecule has 1 N–H and O–H groups in total. The van der Waals surface area contributed by atoms with Crippen LogP contribution >= 0.6 is 0 Å². The van der Waals surface area contributed by atoms with E-state index in [0.29, 0.717) is 24.1 Å². The van der Waals surface area contributed by atoms with Gasteiger partial charge in [-0.1, -0.05) is 51.1 Å². The molecule has 0 spiro atoms. The Bertz CT molecular complexity index is 1210. The molecular formula is C26H27N3O4. The number of hydrogen-bond acceptors (Lipinski definition) is 5. The number of aromatic nitrogens is 1. The van der Waals surface area contributed by atoms with Crippen LogP contribution in [0.2, 0.25) is 0 Å². The van der Waals surface area contributed by atoms with Gasteiger partial charge in [-0.2, -0.15) is 5.26 Å². The van der Waals surface area contributed by atoms with Crippen LogP contribution in [0.3, 0.4) is 0 Å². The van der Waals surface area contributed by atoms with Crippen molar-refractivity contribution in [1.29, 1.82) is 5.26 Å². The Morgan fingerprint density at radius 3 is 2.42 bits per heavy atom. The molecule has 0 saturated heterocycles. The molecule has 0 bridgehead atoms. The van der Waals surface area contributed by atoms with Gasteiger partial charge in [-0.05, 0) is 29.2 Å². The molecule has 3 rings (SSSR count). The molecule has 1 aromatic heterocycles. The molecule has 1 heterocycles. The van der Waals surface area contributed by atoms with Gasteiger partial charge in [0.15, 0.2) is 6.61 Å². The fourth-order valence-corrected chi connectivity index (χ4v) is 3.48. The van der Waals surface area contributed by atoms with Crippen molar-refractivity contribution in [3.8, 4) is 6.07 Å². The second kappa shape index (κ2) is 10.1. The van der Waals surface area contributed by atoms with Gasteiger partial charge in [-0.15, -0.1) is 0 Å². The van der Waals surface area contributed by atoms with Crippen molar-refractivity contribution in [3.63, 3.8) is 0 Å². The predicted molar refractivity (Wildman–Crippen MR) is 125 cm³/mol. The summed E-state index contributed by atoms with van der Waals surface area (Å²) in [6.07, 6.45) is 2.00. The van der Waals surface area contributed by atoms with Crippen LogP contribution in [0, 0.1) is 11.3 Å². The molecule has 0 radical (unpaired) electrons. The first-order chi connectivity index (χ1) is 15.7. The molecule has 0 fully saturated rings. The van der Waals surface area contributed by atoms with E-state index < -0.39 is 12.6 Å². The normalized spacial score (nSPS) is 11.1. The van der Waals surface area contributed by atoms with Gasteiger partial charge in [0.05, 0.1) is 12.5 Å². The van der Waals surface area contributed by atoms with E-state index in [4.69, 9.17) is 10.00 Å². The number of Topliss-reactive ketones (excluding diaryl/α,β-unsaturated/α-hetero) is 1. The molecule has 7 nitrogen and oxygen atoms in total. The van der Waals surface area contributed by atoms with Crippen molar-refractivity contribution in [2.75, 3.05) is 13.2 Å². The standard InChI is InChI=1S/C26H27N3O4/c1-26(2,3)19-11-9-18(10-12-19)25(32)28-15-24(31)33-17-23(30)21-16-29(14-6-13-27)22-8-5-4-7-20(21)22/h4-5,7-12,16H,6,14-15,17H2,1-3H3,(H,28,32). The van der Waals surface area contributed by atoms with Gasteiger partial charge in [0.1, 0.15) is 6.54 Å². The number of fused-ring (bicyclic) bond motifs is 1. The lowest BCUT2D eigenvalue weighted by molar-refractivity contribution is -0.141. The van der Waals surface area contributed by atoms with Gasteiger partial charge in [-0.3, -0.25) is 14.4 Å². The number of carbonyl (C=O) groups excluding carboxylic acids is 3. The quantitative estimate of drug-likeness (QED) is 0.417. The lowest BCUT2D eigenvalue weighted by Gasteiger charge is -2.19. The van der Waals surface area contributed by atoms with E-state index in [0.717, 1.165) is 16.5 Å². The number of ketones is 1. The van der Waals surface area contributed by atoms with Crippen molar-refractivity contribution in [3.05, 3.63) is 71.4 Å². The average molecular weight is 446 g/mol. The molecule has 0 aliphatic heterocycles. The highest BCUT2D eigenvalue weighted by Gasteiger charge is 2.18. The van der Waals surface area contributed by atoms with Crippen LogP contribution < -0.4 is 5.32 Å². The van der Waals surface area contributed by atoms with Crippen molar-refractivity contribution in [2.24, 2.45) is 0 Å². The van der Waals surface area contributed by atoms with E-state index in [1.165, 1.54) is 0 Å². The van der Waals surface area contributed by atoms with Gasteiger partial charge in [0.25, 0.3) is 5.91 Å². The third kappa shape index (κ3) is 5.86. The smallest absolute Gasteiger partial charge is 0.325 e. The van der Waals surface area contributed by atoms with Crippen molar-refractivity contribution in [2.45, 2.75) is 39.2 Å². The van der Waals surface area contributed by atoms with Crippen LogP contribution in [0.25, 0.3) is 10.9 Å². The molecule has 7 heteroatoms. The fraction of sp³-hybridized carbons (Fsp3) is 0.308. The number of benzene rings is 2. The second-order valence-corrected chi connectivity index (χ2v) is 8.76. The molecule has 0 saturated carbocycles. The maximum absolute atomic E-state index is 12.7. The number of ether oxygens (including phenoxy) is 1. The van der Waals surface area contributed by atoms with Crippen LogP contribution in [0.4, 0.5) is 0 Å². The largest absolute Gasteiger partial charge is 0.456 e. The first kappa shape index (κ1) is 23.7. The summed E-state index contributed by atoms with van der Waals surface area (Å²) in [6, 6.07) is 16.7. The Labute approximate surface area is 193 Å². The highest BCUT2D eigenvalue weighted by Crippen LogP contribution is 2.23. The molecule has 1 amide bonds. The van der Waals surface area contributed by atoms with Crippen LogP contribution in [0.1, 0.15) is 53.5 Å². The first-order valence-electron chi connectivity index (χ1n) is 10.7. The van der Waals surface area contributed by atoms with Gasteiger partial charge in [0.2, 0.25) is 5.78 Å².